The highest BCUT2D eigenvalue weighted by Crippen LogP contribution is 2.09. The molecule has 0 aliphatic heterocycles. The van der Waals surface area contributed by atoms with Crippen molar-refractivity contribution in [1.29, 1.82) is 0 Å². The Morgan fingerprint density at radius 1 is 0.950 bits per heavy atom. The molecule has 0 radical (unpaired) electrons. The van der Waals surface area contributed by atoms with E-state index in [1.165, 1.54) is 32.1 Å². The van der Waals surface area contributed by atoms with Gasteiger partial charge in [-0.05, 0) is 37.6 Å². The number of hydrogen-bond donors (Lipinski definition) is 2. The van der Waals surface area contributed by atoms with E-state index in [-0.39, 0.29) is 5.91 Å². The molecule has 1 rings (SSSR count). The number of rotatable bonds is 10. The molecule has 1 amide bonds. The second-order valence-corrected chi connectivity index (χ2v) is 5.13. The van der Waals surface area contributed by atoms with Gasteiger partial charge in [0.15, 0.2) is 0 Å². The molecule has 0 saturated carbocycles. The van der Waals surface area contributed by atoms with E-state index in [1.54, 1.807) is 0 Å². The van der Waals surface area contributed by atoms with Crippen LogP contribution in [0.15, 0.2) is 24.3 Å². The average molecular weight is 276 g/mol. The highest BCUT2D eigenvalue weighted by molar-refractivity contribution is 5.94. The lowest BCUT2D eigenvalue weighted by Gasteiger charge is -2.07. The van der Waals surface area contributed by atoms with Crippen molar-refractivity contribution in [3.8, 4) is 0 Å². The lowest BCUT2D eigenvalue weighted by atomic mass is 10.1. The Bertz CT molecular complexity index is 373. The van der Waals surface area contributed by atoms with Gasteiger partial charge in [-0.3, -0.25) is 4.79 Å². The van der Waals surface area contributed by atoms with E-state index < -0.39 is 0 Å². The number of benzene rings is 1. The highest BCUT2D eigenvalue weighted by atomic mass is 16.1. The van der Waals surface area contributed by atoms with Crippen molar-refractivity contribution in [1.82, 2.24) is 5.32 Å². The molecular weight excluding hydrogens is 248 g/mol. The van der Waals surface area contributed by atoms with Gasteiger partial charge in [0.2, 0.25) is 0 Å². The van der Waals surface area contributed by atoms with Crippen LogP contribution in [0.1, 0.15) is 62.7 Å². The van der Waals surface area contributed by atoms with Gasteiger partial charge in [-0.1, -0.05) is 39.0 Å². The average Bonchev–Trinajstić information content (AvgIpc) is 2.47. The maximum absolute atomic E-state index is 11.9. The van der Waals surface area contributed by atoms with Gasteiger partial charge in [0.25, 0.3) is 5.91 Å². The van der Waals surface area contributed by atoms with Gasteiger partial charge in [-0.15, -0.1) is 0 Å². The van der Waals surface area contributed by atoms with Gasteiger partial charge in [0.05, 0.1) is 0 Å². The van der Waals surface area contributed by atoms with E-state index >= 15 is 0 Å². The van der Waals surface area contributed by atoms with Crippen molar-refractivity contribution in [2.24, 2.45) is 0 Å². The highest BCUT2D eigenvalue weighted by Gasteiger charge is 2.04. The molecule has 0 atom stereocenters. The fraction of sp³-hybridized carbons (Fsp3) is 0.588. The van der Waals surface area contributed by atoms with Crippen LogP contribution in [-0.4, -0.2) is 19.0 Å². The summed E-state index contributed by atoms with van der Waals surface area (Å²) in [5.41, 5.74) is 1.79. The molecule has 0 spiro atoms. The summed E-state index contributed by atoms with van der Waals surface area (Å²) >= 11 is 0. The molecule has 0 aliphatic rings. The van der Waals surface area contributed by atoms with E-state index in [1.807, 2.05) is 24.3 Å². The largest absolute Gasteiger partial charge is 0.385 e. The normalized spacial score (nSPS) is 10.3. The number of carbonyl (C=O) groups excluding carboxylic acids is 1. The first-order valence-corrected chi connectivity index (χ1v) is 7.90. The minimum Gasteiger partial charge on any atom is -0.385 e. The monoisotopic (exact) mass is 276 g/mol. The van der Waals surface area contributed by atoms with Crippen molar-refractivity contribution in [3.05, 3.63) is 29.8 Å². The summed E-state index contributed by atoms with van der Waals surface area (Å²) in [6.45, 7) is 5.95. The summed E-state index contributed by atoms with van der Waals surface area (Å²) < 4.78 is 0. The third-order valence-corrected chi connectivity index (χ3v) is 3.34. The zero-order valence-corrected chi connectivity index (χ0v) is 12.9. The minimum atomic E-state index is 0.0293. The Kier molecular flexibility index (Phi) is 8.52. The van der Waals surface area contributed by atoms with E-state index in [0.717, 1.165) is 30.8 Å². The van der Waals surface area contributed by atoms with Crippen molar-refractivity contribution in [3.63, 3.8) is 0 Å². The topological polar surface area (TPSA) is 41.1 Å². The first-order valence-electron chi connectivity index (χ1n) is 7.90. The quantitative estimate of drug-likeness (QED) is 0.629. The lowest BCUT2D eigenvalue weighted by molar-refractivity contribution is 0.0953. The van der Waals surface area contributed by atoms with Gasteiger partial charge < -0.3 is 10.6 Å². The summed E-state index contributed by atoms with van der Waals surface area (Å²) in [5, 5.41) is 6.20. The molecule has 3 heteroatoms. The number of anilines is 1. The molecule has 0 unspecified atom stereocenters. The summed E-state index contributed by atoms with van der Waals surface area (Å²) in [6.07, 6.45) is 7.48. The molecule has 0 aliphatic carbocycles. The molecule has 0 bridgehead atoms. The Balaban J connectivity index is 2.18. The maximum Gasteiger partial charge on any atom is 0.251 e. The Morgan fingerprint density at radius 3 is 2.25 bits per heavy atom. The van der Waals surface area contributed by atoms with Crippen LogP contribution in [0.25, 0.3) is 0 Å². The van der Waals surface area contributed by atoms with Crippen LogP contribution in [0.5, 0.6) is 0 Å². The van der Waals surface area contributed by atoms with Gasteiger partial charge in [0, 0.05) is 24.3 Å². The van der Waals surface area contributed by atoms with Crippen LogP contribution in [0.3, 0.4) is 0 Å². The van der Waals surface area contributed by atoms with Crippen LogP contribution < -0.4 is 10.6 Å². The third kappa shape index (κ3) is 6.60. The molecule has 2 N–H and O–H groups in total. The fourth-order valence-corrected chi connectivity index (χ4v) is 2.15. The van der Waals surface area contributed by atoms with Crippen LogP contribution in [0.2, 0.25) is 0 Å². The predicted molar refractivity (Wildman–Crippen MR) is 86.3 cm³/mol. The fourth-order valence-electron chi connectivity index (χ4n) is 2.15. The third-order valence-electron chi connectivity index (χ3n) is 3.34. The summed E-state index contributed by atoms with van der Waals surface area (Å²) in [7, 11) is 0. The zero-order chi connectivity index (χ0) is 14.6. The standard InChI is InChI=1S/C17H28N2O/c1-3-5-6-7-8-9-14-19-17(20)15-10-12-16(13-11-15)18-4-2/h10-13,18H,3-9,14H2,1-2H3,(H,19,20). The first-order chi connectivity index (χ1) is 9.77. The van der Waals surface area contributed by atoms with Crippen LogP contribution in [-0.2, 0) is 0 Å². The van der Waals surface area contributed by atoms with Gasteiger partial charge >= 0.3 is 0 Å². The molecule has 20 heavy (non-hydrogen) atoms. The van der Waals surface area contributed by atoms with Crippen LogP contribution in [0.4, 0.5) is 5.69 Å². The zero-order valence-electron chi connectivity index (χ0n) is 12.9. The summed E-state index contributed by atoms with van der Waals surface area (Å²) in [5.74, 6) is 0.0293. The molecule has 3 nitrogen and oxygen atoms in total. The van der Waals surface area contributed by atoms with E-state index in [9.17, 15) is 4.79 Å². The van der Waals surface area contributed by atoms with Gasteiger partial charge in [-0.2, -0.15) is 0 Å². The van der Waals surface area contributed by atoms with Crippen molar-refractivity contribution in [2.75, 3.05) is 18.4 Å². The van der Waals surface area contributed by atoms with E-state index in [0.29, 0.717) is 0 Å². The Morgan fingerprint density at radius 2 is 1.60 bits per heavy atom. The molecule has 0 fully saturated rings. The number of carbonyl (C=O) groups is 1. The van der Waals surface area contributed by atoms with Crippen molar-refractivity contribution < 1.29 is 4.79 Å². The molecule has 0 heterocycles. The predicted octanol–water partition coefficient (Wildman–Crippen LogP) is 4.21. The lowest BCUT2D eigenvalue weighted by Crippen LogP contribution is -2.24. The maximum atomic E-state index is 11.9. The minimum absolute atomic E-state index is 0.0293. The molecule has 1 aromatic rings. The van der Waals surface area contributed by atoms with Crippen LogP contribution in [0, 0.1) is 0 Å². The Labute approximate surface area is 123 Å². The van der Waals surface area contributed by atoms with Crippen molar-refractivity contribution >= 4 is 11.6 Å². The van der Waals surface area contributed by atoms with E-state index in [4.69, 9.17) is 0 Å². The second-order valence-electron chi connectivity index (χ2n) is 5.13. The smallest absolute Gasteiger partial charge is 0.251 e. The molecular formula is C17H28N2O. The first kappa shape index (κ1) is 16.5. The summed E-state index contributed by atoms with van der Waals surface area (Å²) in [6, 6.07) is 7.63. The van der Waals surface area contributed by atoms with Gasteiger partial charge in [-0.25, -0.2) is 0 Å². The molecule has 112 valence electrons. The van der Waals surface area contributed by atoms with Crippen LogP contribution >= 0.6 is 0 Å². The molecule has 1 aromatic carbocycles. The molecule has 0 aromatic heterocycles. The SMILES string of the molecule is CCCCCCCCNC(=O)c1ccc(NCC)cc1. The second kappa shape index (κ2) is 10.3. The van der Waals surface area contributed by atoms with Gasteiger partial charge in [0.1, 0.15) is 0 Å². The summed E-state index contributed by atoms with van der Waals surface area (Å²) in [4.78, 5) is 11.9. The van der Waals surface area contributed by atoms with Crippen molar-refractivity contribution in [2.45, 2.75) is 52.4 Å². The number of unbranched alkanes of at least 4 members (excludes halogenated alkanes) is 5. The number of nitrogens with one attached hydrogen (secondary N) is 2. The number of amides is 1. The molecule has 0 saturated heterocycles. The Hall–Kier alpha value is -1.51. The van der Waals surface area contributed by atoms with E-state index in [2.05, 4.69) is 24.5 Å². The number of hydrogen-bond acceptors (Lipinski definition) is 2.